The van der Waals surface area contributed by atoms with Gasteiger partial charge in [-0.1, -0.05) is 0 Å². The Labute approximate surface area is 107 Å². The number of rotatable bonds is 6. The zero-order valence-electron chi connectivity index (χ0n) is 10.9. The van der Waals surface area contributed by atoms with E-state index in [1.54, 1.807) is 7.11 Å². The van der Waals surface area contributed by atoms with E-state index in [9.17, 15) is 4.79 Å². The molecule has 0 bridgehead atoms. The Kier molecular flexibility index (Phi) is 5.70. The van der Waals surface area contributed by atoms with Crippen LogP contribution in [0.1, 0.15) is 19.8 Å². The van der Waals surface area contributed by atoms with Gasteiger partial charge in [0.2, 0.25) is 0 Å². The van der Waals surface area contributed by atoms with E-state index in [4.69, 9.17) is 4.74 Å². The number of nitrogens with zero attached hydrogens (tertiary/aromatic N) is 1. The van der Waals surface area contributed by atoms with Crippen LogP contribution in [-0.4, -0.2) is 25.9 Å². The van der Waals surface area contributed by atoms with Crippen molar-refractivity contribution in [3.63, 3.8) is 0 Å². The molecular weight excluding hydrogens is 232 g/mol. The Hall–Kier alpha value is -2.04. The Bertz CT molecular complexity index is 413. The van der Waals surface area contributed by atoms with Gasteiger partial charge < -0.3 is 9.47 Å². The van der Waals surface area contributed by atoms with E-state index < -0.39 is 0 Å². The van der Waals surface area contributed by atoms with Crippen molar-refractivity contribution in [2.45, 2.75) is 19.8 Å². The summed E-state index contributed by atoms with van der Waals surface area (Å²) in [5.74, 6) is 0.570. The molecule has 5 nitrogen and oxygen atoms in total. The van der Waals surface area contributed by atoms with Crippen molar-refractivity contribution in [1.82, 2.24) is 0 Å². The summed E-state index contributed by atoms with van der Waals surface area (Å²) in [5.41, 5.74) is 4.63. The number of carbonyl (C=O) groups excluding carboxylic acids is 1. The van der Waals surface area contributed by atoms with Crippen LogP contribution in [0.3, 0.4) is 0 Å². The third kappa shape index (κ3) is 4.86. The van der Waals surface area contributed by atoms with Crippen LogP contribution in [0.5, 0.6) is 5.75 Å². The van der Waals surface area contributed by atoms with Crippen molar-refractivity contribution in [3.8, 4) is 5.75 Å². The minimum Gasteiger partial charge on any atom is -0.497 e. The molecule has 0 spiro atoms. The van der Waals surface area contributed by atoms with E-state index in [-0.39, 0.29) is 5.97 Å². The SMILES string of the molecule is COC(=O)CC/C(C)=N/Nc1ccc(OC)cc1. The van der Waals surface area contributed by atoms with Crippen LogP contribution >= 0.6 is 0 Å². The number of benzene rings is 1. The Morgan fingerprint density at radius 1 is 1.22 bits per heavy atom. The summed E-state index contributed by atoms with van der Waals surface area (Å²) in [6, 6.07) is 7.44. The molecule has 0 aromatic heterocycles. The minimum atomic E-state index is -0.228. The second-order valence-electron chi connectivity index (χ2n) is 3.76. The van der Waals surface area contributed by atoms with E-state index in [0.29, 0.717) is 12.8 Å². The second-order valence-corrected chi connectivity index (χ2v) is 3.76. The smallest absolute Gasteiger partial charge is 0.305 e. The number of hydrazone groups is 1. The lowest BCUT2D eigenvalue weighted by Crippen LogP contribution is -2.04. The molecule has 18 heavy (non-hydrogen) atoms. The lowest BCUT2D eigenvalue weighted by Gasteiger charge is -2.04. The van der Waals surface area contributed by atoms with Gasteiger partial charge in [0.1, 0.15) is 5.75 Å². The van der Waals surface area contributed by atoms with Crippen molar-refractivity contribution in [1.29, 1.82) is 0 Å². The molecule has 1 aromatic carbocycles. The van der Waals surface area contributed by atoms with Crippen LogP contribution < -0.4 is 10.2 Å². The first kappa shape index (κ1) is 14.0. The van der Waals surface area contributed by atoms with Crippen molar-refractivity contribution in [2.24, 2.45) is 5.10 Å². The molecule has 0 radical (unpaired) electrons. The summed E-state index contributed by atoms with van der Waals surface area (Å²) in [7, 11) is 3.00. The van der Waals surface area contributed by atoms with Crippen LogP contribution in [-0.2, 0) is 9.53 Å². The van der Waals surface area contributed by atoms with Gasteiger partial charge in [-0.2, -0.15) is 5.10 Å². The fourth-order valence-electron chi connectivity index (χ4n) is 1.27. The first-order valence-electron chi connectivity index (χ1n) is 5.65. The summed E-state index contributed by atoms with van der Waals surface area (Å²) in [4.78, 5) is 10.9. The molecule has 0 saturated heterocycles. The fraction of sp³-hybridized carbons (Fsp3) is 0.385. The predicted octanol–water partition coefficient (Wildman–Crippen LogP) is 2.44. The first-order chi connectivity index (χ1) is 8.65. The quantitative estimate of drug-likeness (QED) is 0.478. The van der Waals surface area contributed by atoms with E-state index in [1.807, 2.05) is 31.2 Å². The van der Waals surface area contributed by atoms with Gasteiger partial charge in [-0.15, -0.1) is 0 Å². The average Bonchev–Trinajstić information content (AvgIpc) is 2.42. The monoisotopic (exact) mass is 250 g/mol. The standard InChI is InChI=1S/C13H18N2O3/c1-10(4-9-13(16)18-3)14-15-11-5-7-12(17-2)8-6-11/h5-8,15H,4,9H2,1-3H3/b14-10+. The number of nitrogens with one attached hydrogen (secondary N) is 1. The molecule has 0 aliphatic carbocycles. The summed E-state index contributed by atoms with van der Waals surface area (Å²) in [6.45, 7) is 1.86. The van der Waals surface area contributed by atoms with Gasteiger partial charge in [0.15, 0.2) is 0 Å². The highest BCUT2D eigenvalue weighted by Gasteiger charge is 2.01. The highest BCUT2D eigenvalue weighted by molar-refractivity contribution is 5.86. The lowest BCUT2D eigenvalue weighted by atomic mass is 10.2. The van der Waals surface area contributed by atoms with E-state index >= 15 is 0 Å². The van der Waals surface area contributed by atoms with E-state index in [0.717, 1.165) is 17.1 Å². The summed E-state index contributed by atoms with van der Waals surface area (Å²) in [6.07, 6.45) is 0.923. The molecule has 0 fully saturated rings. The molecule has 0 amide bonds. The molecule has 0 unspecified atom stereocenters. The fourth-order valence-corrected chi connectivity index (χ4v) is 1.27. The normalized spacial score (nSPS) is 10.9. The molecule has 0 aliphatic heterocycles. The zero-order valence-corrected chi connectivity index (χ0v) is 10.9. The van der Waals surface area contributed by atoms with Crippen LogP contribution in [0.4, 0.5) is 5.69 Å². The molecule has 98 valence electrons. The topological polar surface area (TPSA) is 59.9 Å². The lowest BCUT2D eigenvalue weighted by molar-refractivity contribution is -0.140. The van der Waals surface area contributed by atoms with Crippen molar-refractivity contribution >= 4 is 17.4 Å². The van der Waals surface area contributed by atoms with Crippen molar-refractivity contribution in [2.75, 3.05) is 19.6 Å². The van der Waals surface area contributed by atoms with Crippen LogP contribution in [0.15, 0.2) is 29.4 Å². The molecule has 1 rings (SSSR count). The molecule has 1 aromatic rings. The molecule has 0 saturated carbocycles. The number of ether oxygens (including phenoxy) is 2. The largest absolute Gasteiger partial charge is 0.497 e. The van der Waals surface area contributed by atoms with Crippen LogP contribution in [0, 0.1) is 0 Å². The Morgan fingerprint density at radius 3 is 2.44 bits per heavy atom. The number of hydrogen-bond acceptors (Lipinski definition) is 5. The van der Waals surface area contributed by atoms with Gasteiger partial charge in [0.25, 0.3) is 0 Å². The molecule has 0 aliphatic rings. The maximum Gasteiger partial charge on any atom is 0.305 e. The van der Waals surface area contributed by atoms with Gasteiger partial charge in [0, 0.05) is 5.71 Å². The van der Waals surface area contributed by atoms with Crippen LogP contribution in [0.2, 0.25) is 0 Å². The van der Waals surface area contributed by atoms with E-state index in [2.05, 4.69) is 15.3 Å². The molecule has 0 heterocycles. The van der Waals surface area contributed by atoms with Crippen molar-refractivity contribution in [3.05, 3.63) is 24.3 Å². The maximum absolute atomic E-state index is 10.9. The van der Waals surface area contributed by atoms with Gasteiger partial charge in [-0.05, 0) is 37.6 Å². The molecule has 1 N–H and O–H groups in total. The predicted molar refractivity (Wildman–Crippen MR) is 71.0 cm³/mol. The van der Waals surface area contributed by atoms with Gasteiger partial charge >= 0.3 is 5.97 Å². The highest BCUT2D eigenvalue weighted by atomic mass is 16.5. The van der Waals surface area contributed by atoms with Gasteiger partial charge in [-0.25, -0.2) is 0 Å². The first-order valence-corrected chi connectivity index (χ1v) is 5.65. The number of esters is 1. The Balaban J connectivity index is 2.44. The third-order valence-corrected chi connectivity index (χ3v) is 2.38. The Morgan fingerprint density at radius 2 is 1.89 bits per heavy atom. The van der Waals surface area contributed by atoms with E-state index in [1.165, 1.54) is 7.11 Å². The van der Waals surface area contributed by atoms with Crippen molar-refractivity contribution < 1.29 is 14.3 Å². The summed E-state index contributed by atoms with van der Waals surface area (Å²) in [5, 5.41) is 4.17. The number of hydrogen-bond donors (Lipinski definition) is 1. The zero-order chi connectivity index (χ0) is 13.4. The second kappa shape index (κ2) is 7.32. The maximum atomic E-state index is 10.9. The van der Waals surface area contributed by atoms with Gasteiger partial charge in [0.05, 0.1) is 26.3 Å². The summed E-state index contributed by atoms with van der Waals surface area (Å²) < 4.78 is 9.62. The highest BCUT2D eigenvalue weighted by Crippen LogP contribution is 2.14. The van der Waals surface area contributed by atoms with Gasteiger partial charge in [-0.3, -0.25) is 10.2 Å². The molecular formula is C13H18N2O3. The third-order valence-electron chi connectivity index (χ3n) is 2.38. The average molecular weight is 250 g/mol. The number of carbonyl (C=O) groups is 1. The number of anilines is 1. The summed E-state index contributed by atoms with van der Waals surface area (Å²) >= 11 is 0. The molecule has 5 heteroatoms. The number of methoxy groups -OCH3 is 2. The molecule has 0 atom stereocenters. The van der Waals surface area contributed by atoms with Crippen LogP contribution in [0.25, 0.3) is 0 Å². The minimum absolute atomic E-state index is 0.228.